The number of hydrogen-bond acceptors (Lipinski definition) is 4. The van der Waals surface area contributed by atoms with E-state index in [0.717, 1.165) is 37.2 Å². The summed E-state index contributed by atoms with van der Waals surface area (Å²) >= 11 is 0. The molecule has 0 unspecified atom stereocenters. The van der Waals surface area contributed by atoms with Gasteiger partial charge in [0.25, 0.3) is 0 Å². The third kappa shape index (κ3) is 5.82. The molecule has 9 heteroatoms. The van der Waals surface area contributed by atoms with Crippen LogP contribution in [0.2, 0.25) is 0 Å². The van der Waals surface area contributed by atoms with Gasteiger partial charge in [-0.15, -0.1) is 24.0 Å². The fourth-order valence-corrected chi connectivity index (χ4v) is 3.99. The van der Waals surface area contributed by atoms with Gasteiger partial charge >= 0.3 is 0 Å². The predicted octanol–water partition coefficient (Wildman–Crippen LogP) is 1.38. The highest BCUT2D eigenvalue weighted by Crippen LogP contribution is 2.20. The number of hydrogen-bond donors (Lipinski definition) is 1. The molecule has 0 aliphatic carbocycles. The fourth-order valence-electron chi connectivity index (χ4n) is 3.99. The first-order chi connectivity index (χ1) is 13.1. The van der Waals surface area contributed by atoms with Gasteiger partial charge < -0.3 is 20.0 Å². The van der Waals surface area contributed by atoms with Gasteiger partial charge in [-0.2, -0.15) is 5.10 Å². The molecule has 28 heavy (non-hydrogen) atoms. The number of aliphatic imine (C=N–C) groups is 1. The van der Waals surface area contributed by atoms with E-state index >= 15 is 0 Å². The number of halogens is 1. The summed E-state index contributed by atoms with van der Waals surface area (Å²) in [7, 11) is 3.65. The summed E-state index contributed by atoms with van der Waals surface area (Å²) in [4.78, 5) is 23.3. The number of guanidine groups is 1. The third-order valence-electron chi connectivity index (χ3n) is 5.73. The standard InChI is InChI=1S/C19H33N7O.HI/c1-4-24-9-6-16(7-10-24)5-8-21-19(20-2)25-11-12-26(18(27)15-25)17-13-22-23(3)14-17;/h13-14,16H,4-12,15H2,1-3H3,(H,20,21);1H. The van der Waals surface area contributed by atoms with E-state index in [9.17, 15) is 4.79 Å². The van der Waals surface area contributed by atoms with Crippen LogP contribution in [0.3, 0.4) is 0 Å². The van der Waals surface area contributed by atoms with Gasteiger partial charge in [-0.3, -0.25) is 14.5 Å². The Labute approximate surface area is 185 Å². The van der Waals surface area contributed by atoms with E-state index in [-0.39, 0.29) is 29.9 Å². The molecule has 2 aliphatic rings. The maximum absolute atomic E-state index is 12.6. The number of carbonyl (C=O) groups is 1. The lowest BCUT2D eigenvalue weighted by atomic mass is 9.93. The second-order valence-electron chi connectivity index (χ2n) is 7.48. The zero-order chi connectivity index (χ0) is 19.2. The van der Waals surface area contributed by atoms with Crippen LogP contribution in [0.4, 0.5) is 5.69 Å². The summed E-state index contributed by atoms with van der Waals surface area (Å²) in [6.45, 7) is 8.54. The number of piperazine rings is 1. The molecule has 0 radical (unpaired) electrons. The van der Waals surface area contributed by atoms with Crippen molar-refractivity contribution in [2.75, 3.05) is 57.8 Å². The van der Waals surface area contributed by atoms with Crippen molar-refractivity contribution in [3.8, 4) is 0 Å². The predicted molar refractivity (Wildman–Crippen MR) is 123 cm³/mol. The van der Waals surface area contributed by atoms with Crippen LogP contribution in [0.5, 0.6) is 0 Å². The number of rotatable bonds is 5. The summed E-state index contributed by atoms with van der Waals surface area (Å²) in [5.41, 5.74) is 0.864. The summed E-state index contributed by atoms with van der Waals surface area (Å²) < 4.78 is 1.72. The topological polar surface area (TPSA) is 69.0 Å². The van der Waals surface area contributed by atoms with Crippen molar-refractivity contribution in [3.05, 3.63) is 12.4 Å². The first-order valence-electron chi connectivity index (χ1n) is 10.1. The number of anilines is 1. The van der Waals surface area contributed by atoms with E-state index < -0.39 is 0 Å². The van der Waals surface area contributed by atoms with E-state index in [0.29, 0.717) is 13.1 Å². The molecular weight excluding hydrogens is 469 g/mol. The molecule has 1 aromatic heterocycles. The lowest BCUT2D eigenvalue weighted by Crippen LogP contribution is -2.55. The summed E-state index contributed by atoms with van der Waals surface area (Å²) in [5, 5.41) is 7.63. The Morgan fingerprint density at radius 2 is 2.04 bits per heavy atom. The zero-order valence-corrected chi connectivity index (χ0v) is 19.6. The number of carbonyl (C=O) groups excluding carboxylic acids is 1. The van der Waals surface area contributed by atoms with Crippen molar-refractivity contribution in [2.45, 2.75) is 26.2 Å². The average molecular weight is 503 g/mol. The second kappa shape index (κ2) is 11.0. The SMILES string of the molecule is CCN1CCC(CCNC(=NC)N2CCN(c3cnn(C)c3)C(=O)C2)CC1.I. The number of amides is 1. The Morgan fingerprint density at radius 1 is 1.29 bits per heavy atom. The van der Waals surface area contributed by atoms with Crippen LogP contribution in [-0.2, 0) is 11.8 Å². The van der Waals surface area contributed by atoms with Crippen LogP contribution >= 0.6 is 24.0 Å². The molecule has 2 saturated heterocycles. The number of aromatic nitrogens is 2. The Bertz CT molecular complexity index is 654. The van der Waals surface area contributed by atoms with Crippen LogP contribution in [0.15, 0.2) is 17.4 Å². The van der Waals surface area contributed by atoms with E-state index in [4.69, 9.17) is 0 Å². The van der Waals surface area contributed by atoms with E-state index in [1.165, 1.54) is 32.4 Å². The van der Waals surface area contributed by atoms with Gasteiger partial charge in [0.2, 0.25) is 5.91 Å². The van der Waals surface area contributed by atoms with Crippen molar-refractivity contribution in [1.29, 1.82) is 0 Å². The van der Waals surface area contributed by atoms with Gasteiger partial charge in [0, 0.05) is 39.9 Å². The molecule has 2 aliphatic heterocycles. The number of piperidine rings is 1. The van der Waals surface area contributed by atoms with Gasteiger partial charge in [0.1, 0.15) is 6.54 Å². The maximum Gasteiger partial charge on any atom is 0.246 e. The molecule has 1 N–H and O–H groups in total. The minimum atomic E-state index is 0. The molecule has 0 aromatic carbocycles. The minimum Gasteiger partial charge on any atom is -0.356 e. The maximum atomic E-state index is 12.6. The Morgan fingerprint density at radius 3 is 2.61 bits per heavy atom. The highest BCUT2D eigenvalue weighted by Gasteiger charge is 2.27. The Hall–Kier alpha value is -1.36. The van der Waals surface area contributed by atoms with Crippen LogP contribution in [0.1, 0.15) is 26.2 Å². The minimum absolute atomic E-state index is 0. The smallest absolute Gasteiger partial charge is 0.246 e. The molecule has 0 atom stereocenters. The van der Waals surface area contributed by atoms with E-state index in [2.05, 4.69) is 32.1 Å². The van der Waals surface area contributed by atoms with Crippen molar-refractivity contribution >= 4 is 41.5 Å². The molecular formula is C19H34IN7O. The van der Waals surface area contributed by atoms with Crippen molar-refractivity contribution in [1.82, 2.24) is 24.9 Å². The normalized spacial score (nSPS) is 19.7. The number of nitrogens with one attached hydrogen (secondary N) is 1. The fraction of sp³-hybridized carbons (Fsp3) is 0.737. The molecule has 1 aromatic rings. The molecule has 0 spiro atoms. The van der Waals surface area contributed by atoms with Crippen LogP contribution in [0.25, 0.3) is 0 Å². The largest absolute Gasteiger partial charge is 0.356 e. The van der Waals surface area contributed by atoms with Crippen molar-refractivity contribution in [3.63, 3.8) is 0 Å². The van der Waals surface area contributed by atoms with Gasteiger partial charge in [0.05, 0.1) is 11.9 Å². The summed E-state index contributed by atoms with van der Waals surface area (Å²) in [5.74, 6) is 1.71. The quantitative estimate of drug-likeness (QED) is 0.374. The highest BCUT2D eigenvalue weighted by atomic mass is 127. The number of nitrogens with zero attached hydrogens (tertiary/aromatic N) is 6. The third-order valence-corrected chi connectivity index (χ3v) is 5.73. The monoisotopic (exact) mass is 503 g/mol. The average Bonchev–Trinajstić information content (AvgIpc) is 3.11. The van der Waals surface area contributed by atoms with Gasteiger partial charge in [-0.05, 0) is 44.8 Å². The lowest BCUT2D eigenvalue weighted by Gasteiger charge is -2.35. The first kappa shape index (κ1) is 22.9. The molecule has 2 fully saturated rings. The van der Waals surface area contributed by atoms with Crippen molar-refractivity contribution < 1.29 is 4.79 Å². The highest BCUT2D eigenvalue weighted by molar-refractivity contribution is 14.0. The summed E-state index contributed by atoms with van der Waals surface area (Å²) in [6, 6.07) is 0. The first-order valence-corrected chi connectivity index (χ1v) is 10.1. The molecule has 0 saturated carbocycles. The van der Waals surface area contributed by atoms with Crippen molar-refractivity contribution in [2.24, 2.45) is 18.0 Å². The van der Waals surface area contributed by atoms with E-state index in [1.807, 2.05) is 13.2 Å². The van der Waals surface area contributed by atoms with E-state index in [1.54, 1.807) is 22.8 Å². The van der Waals surface area contributed by atoms with Gasteiger partial charge in [-0.1, -0.05) is 6.92 Å². The lowest BCUT2D eigenvalue weighted by molar-refractivity contribution is -0.120. The van der Waals surface area contributed by atoms with Crippen LogP contribution in [-0.4, -0.2) is 84.3 Å². The molecule has 1 amide bonds. The Kier molecular flexibility index (Phi) is 9.00. The second-order valence-corrected chi connectivity index (χ2v) is 7.48. The van der Waals surface area contributed by atoms with Gasteiger partial charge in [-0.25, -0.2) is 0 Å². The molecule has 3 heterocycles. The molecule has 3 rings (SSSR count). The Balaban J connectivity index is 0.00000280. The van der Waals surface area contributed by atoms with Gasteiger partial charge in [0.15, 0.2) is 5.96 Å². The number of aryl methyl sites for hydroxylation is 1. The molecule has 0 bridgehead atoms. The molecule has 158 valence electrons. The van der Waals surface area contributed by atoms with Crippen LogP contribution in [0, 0.1) is 5.92 Å². The van der Waals surface area contributed by atoms with Crippen LogP contribution < -0.4 is 10.2 Å². The zero-order valence-electron chi connectivity index (χ0n) is 17.3. The summed E-state index contributed by atoms with van der Waals surface area (Å²) in [6.07, 6.45) is 7.36. The number of likely N-dealkylation sites (tertiary alicyclic amines) is 1. The molecule has 8 nitrogen and oxygen atoms in total.